The van der Waals surface area contributed by atoms with Crippen LogP contribution < -0.4 is 21.1 Å². The lowest BCUT2D eigenvalue weighted by Gasteiger charge is -2.22. The maximum absolute atomic E-state index is 12.9. The molecule has 2 heterocycles. The summed E-state index contributed by atoms with van der Waals surface area (Å²) >= 11 is 0. The van der Waals surface area contributed by atoms with Crippen LogP contribution in [0.1, 0.15) is 70.3 Å². The van der Waals surface area contributed by atoms with Crippen LogP contribution in [0.5, 0.6) is 0 Å². The minimum atomic E-state index is -1.06. The number of aromatic amines is 1. The lowest BCUT2D eigenvalue weighted by Crippen LogP contribution is -2.42. The zero-order valence-corrected chi connectivity index (χ0v) is 26.2. The SMILES string of the molecule is CCOC(=O)CC[C@H](NC(=O)c1ccc(N(Cc2cnc3nc(NC(=O)C(C)(C)C)[nH]c(=O)c3c2)C(C)=O)cc1)C(=O)OCC. The van der Waals surface area contributed by atoms with Gasteiger partial charge in [0.25, 0.3) is 11.5 Å². The van der Waals surface area contributed by atoms with Crippen LogP contribution in [0.3, 0.4) is 0 Å². The van der Waals surface area contributed by atoms with Crippen molar-refractivity contribution in [3.05, 3.63) is 58.0 Å². The Kier molecular flexibility index (Phi) is 11.5. The van der Waals surface area contributed by atoms with E-state index in [0.29, 0.717) is 11.3 Å². The Bertz CT molecular complexity index is 1630. The molecule has 3 aromatic rings. The number of hydrogen-bond donors (Lipinski definition) is 3. The topological polar surface area (TPSA) is 190 Å². The van der Waals surface area contributed by atoms with Gasteiger partial charge in [0, 0.05) is 36.2 Å². The van der Waals surface area contributed by atoms with Crippen LogP contribution in [-0.4, -0.2) is 63.9 Å². The molecule has 1 aromatic carbocycles. The van der Waals surface area contributed by atoms with Gasteiger partial charge in [-0.2, -0.15) is 4.98 Å². The molecule has 3 amide bonds. The molecule has 0 spiro atoms. The first-order chi connectivity index (χ1) is 21.2. The molecule has 0 bridgehead atoms. The van der Waals surface area contributed by atoms with E-state index in [1.807, 2.05) is 0 Å². The van der Waals surface area contributed by atoms with Crippen molar-refractivity contribution in [2.75, 3.05) is 23.4 Å². The number of carbonyl (C=O) groups excluding carboxylic acids is 5. The van der Waals surface area contributed by atoms with Crippen LogP contribution in [-0.2, 0) is 35.2 Å². The zero-order chi connectivity index (χ0) is 33.3. The van der Waals surface area contributed by atoms with Crippen LogP contribution in [0.4, 0.5) is 11.6 Å². The van der Waals surface area contributed by atoms with Crippen molar-refractivity contribution < 1.29 is 33.4 Å². The number of anilines is 2. The van der Waals surface area contributed by atoms with E-state index in [2.05, 4.69) is 25.6 Å². The van der Waals surface area contributed by atoms with Gasteiger partial charge in [0.2, 0.25) is 17.8 Å². The summed E-state index contributed by atoms with van der Waals surface area (Å²) in [5, 5.41) is 5.35. The molecule has 0 saturated heterocycles. The predicted molar refractivity (Wildman–Crippen MR) is 165 cm³/mol. The first kappa shape index (κ1) is 34.4. The minimum absolute atomic E-state index is 0.00458. The summed E-state index contributed by atoms with van der Waals surface area (Å²) < 4.78 is 9.94. The maximum Gasteiger partial charge on any atom is 0.328 e. The van der Waals surface area contributed by atoms with Crippen molar-refractivity contribution in [1.29, 1.82) is 0 Å². The monoisotopic (exact) mass is 622 g/mol. The second-order valence-corrected chi connectivity index (χ2v) is 11.1. The number of esters is 2. The Morgan fingerprint density at radius 3 is 2.29 bits per heavy atom. The standard InChI is InChI=1S/C31H38N6O8/c1-7-44-24(39)14-13-23(28(42)45-8-2)33-26(40)20-9-11-21(12-10-20)37(18(3)38)17-19-15-22-25(32-16-19)34-30(35-27(22)41)36-29(43)31(4,5)6/h9-12,15-16,23H,7-8,13-14,17H2,1-6H3,(H,33,40)(H2,32,34,35,36,41,43)/t23-/m0/s1. The third-order valence-electron chi connectivity index (χ3n) is 6.51. The first-order valence-electron chi connectivity index (χ1n) is 14.4. The zero-order valence-electron chi connectivity index (χ0n) is 26.2. The lowest BCUT2D eigenvalue weighted by molar-refractivity contribution is -0.147. The van der Waals surface area contributed by atoms with E-state index >= 15 is 0 Å². The molecule has 0 saturated carbocycles. The third-order valence-corrected chi connectivity index (χ3v) is 6.51. The number of pyridine rings is 1. The summed E-state index contributed by atoms with van der Waals surface area (Å²) in [6, 6.07) is 6.64. The average molecular weight is 623 g/mol. The van der Waals surface area contributed by atoms with Crippen molar-refractivity contribution in [3.8, 4) is 0 Å². The van der Waals surface area contributed by atoms with Crippen LogP contribution in [0.15, 0.2) is 41.3 Å². The average Bonchev–Trinajstić information content (AvgIpc) is 2.97. The van der Waals surface area contributed by atoms with Crippen molar-refractivity contribution in [1.82, 2.24) is 20.3 Å². The van der Waals surface area contributed by atoms with E-state index in [-0.39, 0.29) is 67.0 Å². The number of amides is 3. The summed E-state index contributed by atoms with van der Waals surface area (Å²) in [6.07, 6.45) is 1.41. The third kappa shape index (κ3) is 9.42. The van der Waals surface area contributed by atoms with E-state index in [0.717, 1.165) is 0 Å². The summed E-state index contributed by atoms with van der Waals surface area (Å²) in [5.41, 5.74) is 0.144. The number of carbonyl (C=O) groups is 5. The van der Waals surface area contributed by atoms with Crippen LogP contribution in [0, 0.1) is 5.41 Å². The fourth-order valence-corrected chi connectivity index (χ4v) is 4.09. The quantitative estimate of drug-likeness (QED) is 0.253. The fraction of sp³-hybridized carbons (Fsp3) is 0.419. The van der Waals surface area contributed by atoms with Gasteiger partial charge in [-0.15, -0.1) is 0 Å². The summed E-state index contributed by atoms with van der Waals surface area (Å²) in [5.74, 6) is -2.38. The molecule has 3 N–H and O–H groups in total. The van der Waals surface area contributed by atoms with Gasteiger partial charge in [-0.05, 0) is 56.2 Å². The van der Waals surface area contributed by atoms with Gasteiger partial charge in [-0.1, -0.05) is 20.8 Å². The molecule has 1 atom stereocenters. The molecule has 0 radical (unpaired) electrons. The number of rotatable bonds is 12. The second kappa shape index (κ2) is 15.0. The highest BCUT2D eigenvalue weighted by atomic mass is 16.5. The van der Waals surface area contributed by atoms with Crippen molar-refractivity contribution in [3.63, 3.8) is 0 Å². The molecule has 45 heavy (non-hydrogen) atoms. The van der Waals surface area contributed by atoms with Gasteiger partial charge in [-0.25, -0.2) is 9.78 Å². The molecule has 2 aromatic heterocycles. The summed E-state index contributed by atoms with van der Waals surface area (Å²) in [4.78, 5) is 87.2. The van der Waals surface area contributed by atoms with Gasteiger partial charge in [0.05, 0.1) is 25.1 Å². The molecule has 0 aliphatic carbocycles. The molecule has 0 aliphatic rings. The Morgan fingerprint density at radius 1 is 1.02 bits per heavy atom. The number of nitrogens with one attached hydrogen (secondary N) is 3. The Labute approximate surface area is 259 Å². The van der Waals surface area contributed by atoms with Crippen LogP contribution in [0.2, 0.25) is 0 Å². The smallest absolute Gasteiger partial charge is 0.328 e. The van der Waals surface area contributed by atoms with Gasteiger partial charge in [0.15, 0.2) is 5.65 Å². The molecule has 14 nitrogen and oxygen atoms in total. The number of ether oxygens (including phenoxy) is 2. The molecular formula is C31H38N6O8. The highest BCUT2D eigenvalue weighted by Gasteiger charge is 2.25. The molecule has 0 unspecified atom stereocenters. The fourth-order valence-electron chi connectivity index (χ4n) is 4.09. The largest absolute Gasteiger partial charge is 0.466 e. The minimum Gasteiger partial charge on any atom is -0.466 e. The van der Waals surface area contributed by atoms with Crippen molar-refractivity contribution in [2.24, 2.45) is 5.41 Å². The van der Waals surface area contributed by atoms with Gasteiger partial charge in [-0.3, -0.25) is 34.3 Å². The molecular weight excluding hydrogens is 584 g/mol. The number of aromatic nitrogens is 3. The predicted octanol–water partition coefficient (Wildman–Crippen LogP) is 2.86. The number of hydrogen-bond acceptors (Lipinski definition) is 10. The van der Waals surface area contributed by atoms with Crippen LogP contribution >= 0.6 is 0 Å². The van der Waals surface area contributed by atoms with Crippen molar-refractivity contribution in [2.45, 2.75) is 67.0 Å². The van der Waals surface area contributed by atoms with E-state index in [4.69, 9.17) is 9.47 Å². The first-order valence-corrected chi connectivity index (χ1v) is 14.4. The van der Waals surface area contributed by atoms with E-state index in [1.54, 1.807) is 52.8 Å². The second-order valence-electron chi connectivity index (χ2n) is 11.1. The van der Waals surface area contributed by atoms with Gasteiger partial charge in [0.1, 0.15) is 6.04 Å². The molecule has 0 fully saturated rings. The number of H-pyrrole nitrogens is 1. The highest BCUT2D eigenvalue weighted by Crippen LogP contribution is 2.21. The highest BCUT2D eigenvalue weighted by molar-refractivity contribution is 5.98. The summed E-state index contributed by atoms with van der Waals surface area (Å²) in [6.45, 7) is 10.2. The van der Waals surface area contributed by atoms with E-state index in [9.17, 15) is 28.8 Å². The molecule has 0 aliphatic heterocycles. The Balaban J connectivity index is 1.76. The van der Waals surface area contributed by atoms with Gasteiger partial charge < -0.3 is 19.7 Å². The van der Waals surface area contributed by atoms with Crippen LogP contribution in [0.25, 0.3) is 11.0 Å². The van der Waals surface area contributed by atoms with Gasteiger partial charge >= 0.3 is 11.9 Å². The number of benzene rings is 1. The number of nitrogens with zero attached hydrogens (tertiary/aromatic N) is 3. The van der Waals surface area contributed by atoms with E-state index in [1.165, 1.54) is 30.2 Å². The lowest BCUT2D eigenvalue weighted by atomic mass is 9.96. The van der Waals surface area contributed by atoms with E-state index < -0.39 is 34.9 Å². The number of fused-ring (bicyclic) bond motifs is 1. The Hall–Kier alpha value is -5.14. The normalized spacial score (nSPS) is 11.8. The molecule has 3 rings (SSSR count). The molecule has 240 valence electrons. The summed E-state index contributed by atoms with van der Waals surface area (Å²) in [7, 11) is 0. The molecule has 14 heteroatoms. The Morgan fingerprint density at radius 2 is 1.69 bits per heavy atom. The maximum atomic E-state index is 12.9. The van der Waals surface area contributed by atoms with Crippen molar-refractivity contribution >= 4 is 52.3 Å².